The zero-order valence-corrected chi connectivity index (χ0v) is 18.7. The van der Waals surface area contributed by atoms with Crippen LogP contribution in [0.25, 0.3) is 10.9 Å². The number of rotatable bonds is 7. The molecule has 5 rings (SSSR count). The van der Waals surface area contributed by atoms with Crippen molar-refractivity contribution in [3.63, 3.8) is 0 Å². The second kappa shape index (κ2) is 9.59. The number of benzene rings is 2. The zero-order valence-electron chi connectivity index (χ0n) is 17.9. The first-order valence-corrected chi connectivity index (χ1v) is 12.0. The number of piperidine rings is 1. The second-order valence-electron chi connectivity index (χ2n) is 8.24. The van der Waals surface area contributed by atoms with E-state index in [0.29, 0.717) is 6.54 Å². The fraction of sp³-hybridized carbons (Fsp3) is 0.269. The number of ketones is 1. The Morgan fingerprint density at radius 2 is 1.88 bits per heavy atom. The van der Waals surface area contributed by atoms with Crippen LogP contribution in [-0.2, 0) is 13.1 Å². The number of nitrogens with one attached hydrogen (secondary N) is 1. The number of hydrogen-bond donors (Lipinski definition) is 1. The lowest BCUT2D eigenvalue weighted by Crippen LogP contribution is -2.38. The molecule has 3 heterocycles. The highest BCUT2D eigenvalue weighted by molar-refractivity contribution is 7.09. The second-order valence-corrected chi connectivity index (χ2v) is 9.28. The van der Waals surface area contributed by atoms with Crippen molar-refractivity contribution in [2.45, 2.75) is 25.9 Å². The molecular formula is C26H26N4OS. The third-order valence-electron chi connectivity index (χ3n) is 5.96. The van der Waals surface area contributed by atoms with Crippen molar-refractivity contribution in [1.29, 1.82) is 0 Å². The Balaban J connectivity index is 1.33. The number of carbonyl (C=O) groups is 1. The van der Waals surface area contributed by atoms with Crippen molar-refractivity contribution in [2.75, 3.05) is 18.4 Å². The average molecular weight is 443 g/mol. The Morgan fingerprint density at radius 3 is 2.72 bits per heavy atom. The van der Waals surface area contributed by atoms with Crippen molar-refractivity contribution in [3.8, 4) is 0 Å². The maximum absolute atomic E-state index is 13.0. The van der Waals surface area contributed by atoms with Crippen LogP contribution in [0.15, 0.2) is 72.1 Å². The Hall–Kier alpha value is -3.09. The Kier molecular flexibility index (Phi) is 6.23. The fourth-order valence-corrected chi connectivity index (χ4v) is 5.01. The van der Waals surface area contributed by atoms with Gasteiger partial charge in [0.25, 0.3) is 0 Å². The number of carbonyl (C=O) groups excluding carboxylic acids is 1. The number of Topliss-reactive ketones (excluding diaryl/α,β-unsaturated/α-hetero) is 1. The quantitative estimate of drug-likeness (QED) is 0.389. The van der Waals surface area contributed by atoms with Gasteiger partial charge >= 0.3 is 0 Å². The number of anilines is 1. The smallest absolute Gasteiger partial charge is 0.167 e. The number of para-hydroxylation sites is 1. The van der Waals surface area contributed by atoms with E-state index in [1.165, 1.54) is 4.88 Å². The number of thiophene rings is 1. The summed E-state index contributed by atoms with van der Waals surface area (Å²) in [4.78, 5) is 26.3. The summed E-state index contributed by atoms with van der Waals surface area (Å²) >= 11 is 1.74. The minimum Gasteiger partial charge on any atom is -0.365 e. The maximum Gasteiger partial charge on any atom is 0.167 e. The van der Waals surface area contributed by atoms with Gasteiger partial charge in [-0.15, -0.1) is 11.3 Å². The molecule has 1 fully saturated rings. The van der Waals surface area contributed by atoms with E-state index < -0.39 is 0 Å². The van der Waals surface area contributed by atoms with Gasteiger partial charge in [-0.25, -0.2) is 9.97 Å². The van der Waals surface area contributed by atoms with Crippen LogP contribution >= 0.6 is 11.3 Å². The number of likely N-dealkylation sites (tertiary alicyclic amines) is 1. The molecular weight excluding hydrogens is 416 g/mol. The Bertz CT molecular complexity index is 1190. The lowest BCUT2D eigenvalue weighted by molar-refractivity contribution is 0.0808. The largest absolute Gasteiger partial charge is 0.365 e. The highest BCUT2D eigenvalue weighted by Gasteiger charge is 2.27. The van der Waals surface area contributed by atoms with Gasteiger partial charge in [0.2, 0.25) is 0 Å². The summed E-state index contributed by atoms with van der Waals surface area (Å²) in [5.74, 6) is 1.94. The van der Waals surface area contributed by atoms with Crippen LogP contribution in [0.5, 0.6) is 0 Å². The first-order valence-electron chi connectivity index (χ1n) is 11.1. The molecule has 6 heteroatoms. The average Bonchev–Trinajstić information content (AvgIpc) is 3.36. The van der Waals surface area contributed by atoms with Crippen LogP contribution in [0, 0.1) is 5.92 Å². The normalized spacial score (nSPS) is 16.8. The number of nitrogens with zero attached hydrogens (tertiary/aromatic N) is 3. The summed E-state index contributed by atoms with van der Waals surface area (Å²) in [7, 11) is 0. The molecule has 2 aromatic carbocycles. The molecule has 0 radical (unpaired) electrons. The van der Waals surface area contributed by atoms with Crippen molar-refractivity contribution in [3.05, 3.63) is 88.4 Å². The van der Waals surface area contributed by atoms with Gasteiger partial charge in [0.1, 0.15) is 11.6 Å². The van der Waals surface area contributed by atoms with Crippen molar-refractivity contribution in [2.24, 2.45) is 5.92 Å². The lowest BCUT2D eigenvalue weighted by atomic mass is 9.90. The third kappa shape index (κ3) is 4.71. The summed E-state index contributed by atoms with van der Waals surface area (Å²) in [5.41, 5.74) is 1.75. The van der Waals surface area contributed by atoms with Crippen molar-refractivity contribution < 1.29 is 4.79 Å². The minimum atomic E-state index is 0.0306. The highest BCUT2D eigenvalue weighted by Crippen LogP contribution is 2.25. The summed E-state index contributed by atoms with van der Waals surface area (Å²) in [6.07, 6.45) is 1.96. The summed E-state index contributed by atoms with van der Waals surface area (Å²) in [6.45, 7) is 3.11. The van der Waals surface area contributed by atoms with Crippen LogP contribution in [0.1, 0.15) is 33.9 Å². The molecule has 0 aliphatic carbocycles. The Morgan fingerprint density at radius 1 is 1.03 bits per heavy atom. The summed E-state index contributed by atoms with van der Waals surface area (Å²) in [5, 5.41) is 6.62. The van der Waals surface area contributed by atoms with Crippen LogP contribution in [-0.4, -0.2) is 33.7 Å². The van der Waals surface area contributed by atoms with Gasteiger partial charge in [-0.05, 0) is 43.0 Å². The SMILES string of the molecule is O=C(c1ccccc1)[C@H]1CCCN(Cc2nc(NCc3cccs3)c3ccccc3n2)C1. The van der Waals surface area contributed by atoms with E-state index in [2.05, 4.69) is 33.8 Å². The first kappa shape index (κ1) is 20.8. The molecule has 5 nitrogen and oxygen atoms in total. The van der Waals surface area contributed by atoms with Gasteiger partial charge in [0.15, 0.2) is 5.78 Å². The summed E-state index contributed by atoms with van der Waals surface area (Å²) < 4.78 is 0. The lowest BCUT2D eigenvalue weighted by Gasteiger charge is -2.31. The van der Waals surface area contributed by atoms with E-state index in [4.69, 9.17) is 9.97 Å². The molecule has 1 atom stereocenters. The van der Waals surface area contributed by atoms with Gasteiger partial charge < -0.3 is 5.32 Å². The standard InChI is InChI=1S/C26H26N4OS/c31-25(19-8-2-1-3-9-19)20-10-6-14-30(17-20)18-24-28-23-13-5-4-12-22(23)26(29-24)27-16-21-11-7-15-32-21/h1-5,7-9,11-13,15,20H,6,10,14,16-18H2,(H,27,28,29)/t20-/m0/s1. The van der Waals surface area contributed by atoms with Crippen LogP contribution in [0.4, 0.5) is 5.82 Å². The zero-order chi connectivity index (χ0) is 21.8. The van der Waals surface area contributed by atoms with E-state index >= 15 is 0 Å². The minimum absolute atomic E-state index is 0.0306. The topological polar surface area (TPSA) is 58.1 Å². The van der Waals surface area contributed by atoms with Gasteiger partial charge in [0.05, 0.1) is 18.6 Å². The molecule has 0 amide bonds. The van der Waals surface area contributed by atoms with Gasteiger partial charge in [-0.2, -0.15) is 0 Å². The van der Waals surface area contributed by atoms with E-state index in [0.717, 1.165) is 60.6 Å². The van der Waals surface area contributed by atoms with Crippen LogP contribution in [0.3, 0.4) is 0 Å². The predicted molar refractivity (Wildman–Crippen MR) is 130 cm³/mol. The number of fused-ring (bicyclic) bond motifs is 1. The molecule has 4 aromatic rings. The van der Waals surface area contributed by atoms with Crippen LogP contribution in [0.2, 0.25) is 0 Å². The molecule has 2 aromatic heterocycles. The predicted octanol–water partition coefficient (Wildman–Crippen LogP) is 5.40. The number of aromatic nitrogens is 2. The third-order valence-corrected chi connectivity index (χ3v) is 6.84. The van der Waals surface area contributed by atoms with Crippen molar-refractivity contribution in [1.82, 2.24) is 14.9 Å². The molecule has 0 saturated carbocycles. The van der Waals surface area contributed by atoms with Gasteiger partial charge in [-0.3, -0.25) is 9.69 Å². The molecule has 0 bridgehead atoms. The van der Waals surface area contributed by atoms with E-state index in [1.807, 2.05) is 48.5 Å². The molecule has 162 valence electrons. The molecule has 1 N–H and O–H groups in total. The monoisotopic (exact) mass is 442 g/mol. The molecule has 1 aliphatic heterocycles. The summed E-state index contributed by atoms with van der Waals surface area (Å²) in [6, 6.07) is 22.0. The van der Waals surface area contributed by atoms with Crippen molar-refractivity contribution >= 4 is 33.8 Å². The fourth-order valence-electron chi connectivity index (χ4n) is 4.37. The van der Waals surface area contributed by atoms with E-state index in [-0.39, 0.29) is 11.7 Å². The van der Waals surface area contributed by atoms with Gasteiger partial charge in [-0.1, -0.05) is 48.5 Å². The Labute approximate surface area is 192 Å². The van der Waals surface area contributed by atoms with E-state index in [1.54, 1.807) is 11.3 Å². The van der Waals surface area contributed by atoms with E-state index in [9.17, 15) is 4.79 Å². The molecule has 0 unspecified atom stereocenters. The van der Waals surface area contributed by atoms with Gasteiger partial charge in [0, 0.05) is 28.3 Å². The molecule has 1 aliphatic rings. The maximum atomic E-state index is 13.0. The molecule has 0 spiro atoms. The molecule has 32 heavy (non-hydrogen) atoms. The molecule has 1 saturated heterocycles. The highest BCUT2D eigenvalue weighted by atomic mass is 32.1. The van der Waals surface area contributed by atoms with Crippen LogP contribution < -0.4 is 5.32 Å². The first-order chi connectivity index (χ1) is 15.8. The number of hydrogen-bond acceptors (Lipinski definition) is 6.